The van der Waals surface area contributed by atoms with Crippen LogP contribution in [0.3, 0.4) is 0 Å². The standard InChI is InChI=1S/C26H21F2N5O3/c1-33-14-15(13-31-33)22-9-17(7-8-30-22)36-23-11-20(27)18(10-21(23)28)19-12-26(19,24(29)34)25(35)32-16-5-3-2-4-6-16/h2-11,13-14,19H,12H2,1H3,(H2,29,34)(H,32,35). The highest BCUT2D eigenvalue weighted by Crippen LogP contribution is 2.60. The first-order valence-corrected chi connectivity index (χ1v) is 11.1. The van der Waals surface area contributed by atoms with Crippen LogP contribution in [0.15, 0.2) is 73.2 Å². The molecule has 1 aliphatic rings. The van der Waals surface area contributed by atoms with E-state index >= 15 is 4.39 Å². The lowest BCUT2D eigenvalue weighted by molar-refractivity contribution is -0.132. The Kier molecular flexibility index (Phi) is 5.71. The maximum atomic E-state index is 15.1. The summed E-state index contributed by atoms with van der Waals surface area (Å²) < 4.78 is 37.3. The number of primary amides is 1. The summed E-state index contributed by atoms with van der Waals surface area (Å²) in [4.78, 5) is 29.4. The summed E-state index contributed by atoms with van der Waals surface area (Å²) >= 11 is 0. The van der Waals surface area contributed by atoms with Gasteiger partial charge in [-0.3, -0.25) is 19.3 Å². The molecule has 0 spiro atoms. The molecule has 0 saturated heterocycles. The van der Waals surface area contributed by atoms with Gasteiger partial charge in [0.25, 0.3) is 0 Å². The summed E-state index contributed by atoms with van der Waals surface area (Å²) in [6.07, 6.45) is 4.83. The quantitative estimate of drug-likeness (QED) is 0.379. The predicted octanol–water partition coefficient (Wildman–Crippen LogP) is 4.15. The van der Waals surface area contributed by atoms with E-state index in [-0.39, 0.29) is 23.5 Å². The Balaban J connectivity index is 1.38. The third-order valence-electron chi connectivity index (χ3n) is 6.22. The number of nitrogens with one attached hydrogen (secondary N) is 1. The first-order valence-electron chi connectivity index (χ1n) is 11.1. The SMILES string of the molecule is Cn1cc(-c2cc(Oc3cc(F)c(C4CC4(C(N)=O)C(=O)Nc4ccccc4)cc3F)ccn2)cn1. The summed E-state index contributed by atoms with van der Waals surface area (Å²) in [6.45, 7) is 0. The normalized spacial score (nSPS) is 18.5. The molecule has 1 saturated carbocycles. The summed E-state index contributed by atoms with van der Waals surface area (Å²) in [6, 6.07) is 13.4. The fourth-order valence-electron chi connectivity index (χ4n) is 4.24. The molecule has 8 nitrogen and oxygen atoms in total. The number of aromatic nitrogens is 3. The van der Waals surface area contributed by atoms with Crippen molar-refractivity contribution in [2.24, 2.45) is 18.2 Å². The van der Waals surface area contributed by atoms with E-state index in [1.807, 2.05) is 0 Å². The van der Waals surface area contributed by atoms with E-state index in [1.54, 1.807) is 60.5 Å². The zero-order valence-electron chi connectivity index (χ0n) is 19.1. The van der Waals surface area contributed by atoms with Crippen molar-refractivity contribution in [1.29, 1.82) is 0 Å². The highest BCUT2D eigenvalue weighted by atomic mass is 19.1. The molecule has 2 unspecified atom stereocenters. The number of carbonyl (C=O) groups is 2. The minimum Gasteiger partial charge on any atom is -0.454 e. The molecule has 10 heteroatoms. The Labute approximate surface area is 204 Å². The van der Waals surface area contributed by atoms with Crippen molar-refractivity contribution in [3.63, 3.8) is 0 Å². The van der Waals surface area contributed by atoms with E-state index in [0.717, 1.165) is 17.7 Å². The molecule has 3 N–H and O–H groups in total. The van der Waals surface area contributed by atoms with Crippen molar-refractivity contribution in [3.05, 3.63) is 90.4 Å². The number of hydrogen-bond acceptors (Lipinski definition) is 5. The third kappa shape index (κ3) is 4.17. The number of carbonyl (C=O) groups excluding carboxylic acids is 2. The van der Waals surface area contributed by atoms with E-state index in [4.69, 9.17) is 10.5 Å². The number of nitrogens with zero attached hydrogens (tertiary/aromatic N) is 3. The smallest absolute Gasteiger partial charge is 0.240 e. The Morgan fingerprint density at radius 2 is 1.92 bits per heavy atom. The van der Waals surface area contributed by atoms with Crippen molar-refractivity contribution in [2.75, 3.05) is 5.32 Å². The van der Waals surface area contributed by atoms with Crippen LogP contribution in [0.2, 0.25) is 0 Å². The largest absolute Gasteiger partial charge is 0.454 e. The Bertz CT molecular complexity index is 1470. The van der Waals surface area contributed by atoms with Crippen LogP contribution in [-0.4, -0.2) is 26.6 Å². The number of pyridine rings is 1. The number of benzene rings is 2. The molecule has 5 rings (SSSR count). The molecular weight excluding hydrogens is 468 g/mol. The summed E-state index contributed by atoms with van der Waals surface area (Å²) in [5, 5.41) is 6.72. The molecule has 182 valence electrons. The monoisotopic (exact) mass is 489 g/mol. The minimum absolute atomic E-state index is 0.0314. The summed E-state index contributed by atoms with van der Waals surface area (Å²) in [5.74, 6) is -4.23. The number of anilines is 1. The van der Waals surface area contributed by atoms with Crippen molar-refractivity contribution < 1.29 is 23.1 Å². The zero-order valence-corrected chi connectivity index (χ0v) is 19.1. The van der Waals surface area contributed by atoms with Crippen molar-refractivity contribution in [2.45, 2.75) is 12.3 Å². The second-order valence-corrected chi connectivity index (χ2v) is 8.60. The van der Waals surface area contributed by atoms with Gasteiger partial charge in [0, 0.05) is 48.7 Å². The number of amides is 2. The van der Waals surface area contributed by atoms with Gasteiger partial charge in [-0.05, 0) is 36.2 Å². The number of ether oxygens (including phenoxy) is 1. The number of rotatable bonds is 7. The molecule has 2 amide bonds. The van der Waals surface area contributed by atoms with Crippen molar-refractivity contribution >= 4 is 17.5 Å². The topological polar surface area (TPSA) is 112 Å². The predicted molar refractivity (Wildman–Crippen MR) is 127 cm³/mol. The molecule has 1 fully saturated rings. The molecule has 1 aliphatic carbocycles. The maximum Gasteiger partial charge on any atom is 0.240 e. The fraction of sp³-hybridized carbons (Fsp3) is 0.154. The zero-order chi connectivity index (χ0) is 25.4. The van der Waals surface area contributed by atoms with Crippen LogP contribution in [0.4, 0.5) is 14.5 Å². The van der Waals surface area contributed by atoms with E-state index in [0.29, 0.717) is 11.4 Å². The molecule has 4 aromatic rings. The first kappa shape index (κ1) is 23.2. The molecule has 2 aromatic carbocycles. The van der Waals surface area contributed by atoms with Gasteiger partial charge >= 0.3 is 0 Å². The Morgan fingerprint density at radius 3 is 2.61 bits per heavy atom. The van der Waals surface area contributed by atoms with Gasteiger partial charge in [0.1, 0.15) is 17.0 Å². The van der Waals surface area contributed by atoms with E-state index in [2.05, 4.69) is 15.4 Å². The van der Waals surface area contributed by atoms with Gasteiger partial charge in [0.05, 0.1) is 11.9 Å². The van der Waals surface area contributed by atoms with Gasteiger partial charge in [-0.2, -0.15) is 5.10 Å². The number of hydrogen-bond donors (Lipinski definition) is 2. The molecular formula is C26H21F2N5O3. The van der Waals surface area contributed by atoms with Gasteiger partial charge in [-0.15, -0.1) is 0 Å². The molecule has 2 aromatic heterocycles. The maximum absolute atomic E-state index is 15.1. The third-order valence-corrected chi connectivity index (χ3v) is 6.22. The average Bonchev–Trinajstić information content (AvgIpc) is 3.48. The molecule has 0 bridgehead atoms. The van der Waals surface area contributed by atoms with Gasteiger partial charge in [0.2, 0.25) is 11.8 Å². The Morgan fingerprint density at radius 1 is 1.14 bits per heavy atom. The fourth-order valence-corrected chi connectivity index (χ4v) is 4.24. The van der Waals surface area contributed by atoms with Crippen LogP contribution in [0.1, 0.15) is 17.9 Å². The van der Waals surface area contributed by atoms with Crippen LogP contribution >= 0.6 is 0 Å². The lowest BCUT2D eigenvalue weighted by Gasteiger charge is -2.15. The van der Waals surface area contributed by atoms with Crippen LogP contribution in [0, 0.1) is 17.0 Å². The van der Waals surface area contributed by atoms with Crippen LogP contribution in [-0.2, 0) is 16.6 Å². The summed E-state index contributed by atoms with van der Waals surface area (Å²) in [5.41, 5.74) is 5.50. The summed E-state index contributed by atoms with van der Waals surface area (Å²) in [7, 11) is 1.77. The minimum atomic E-state index is -1.67. The number of aryl methyl sites for hydroxylation is 1. The van der Waals surface area contributed by atoms with Crippen LogP contribution < -0.4 is 15.8 Å². The number of nitrogens with two attached hydrogens (primary N) is 1. The lowest BCUT2D eigenvalue weighted by atomic mass is 9.96. The van der Waals surface area contributed by atoms with Gasteiger partial charge < -0.3 is 15.8 Å². The van der Waals surface area contributed by atoms with E-state index < -0.39 is 34.8 Å². The molecule has 0 radical (unpaired) electrons. The van der Waals surface area contributed by atoms with E-state index in [1.165, 1.54) is 12.3 Å². The lowest BCUT2D eigenvalue weighted by Crippen LogP contribution is -2.37. The first-order chi connectivity index (χ1) is 17.3. The van der Waals surface area contributed by atoms with Gasteiger partial charge in [-0.1, -0.05) is 18.2 Å². The molecule has 36 heavy (non-hydrogen) atoms. The highest BCUT2D eigenvalue weighted by molar-refractivity contribution is 6.14. The van der Waals surface area contributed by atoms with E-state index in [9.17, 15) is 14.0 Å². The number of para-hydroxylation sites is 1. The number of halogens is 2. The Hall–Kier alpha value is -4.60. The average molecular weight is 489 g/mol. The van der Waals surface area contributed by atoms with Gasteiger partial charge in [0.15, 0.2) is 11.6 Å². The molecule has 2 atom stereocenters. The highest BCUT2D eigenvalue weighted by Gasteiger charge is 2.66. The molecule has 2 heterocycles. The van der Waals surface area contributed by atoms with Crippen molar-refractivity contribution in [1.82, 2.24) is 14.8 Å². The van der Waals surface area contributed by atoms with Crippen LogP contribution in [0.25, 0.3) is 11.3 Å². The molecule has 0 aliphatic heterocycles. The van der Waals surface area contributed by atoms with Gasteiger partial charge in [-0.25, -0.2) is 8.78 Å². The second-order valence-electron chi connectivity index (χ2n) is 8.60. The second kappa shape index (κ2) is 8.88. The van der Waals surface area contributed by atoms with Crippen LogP contribution in [0.5, 0.6) is 11.5 Å². The van der Waals surface area contributed by atoms with Crippen molar-refractivity contribution in [3.8, 4) is 22.8 Å².